The van der Waals surface area contributed by atoms with Gasteiger partial charge in [-0.2, -0.15) is 0 Å². The summed E-state index contributed by atoms with van der Waals surface area (Å²) in [6.45, 7) is 4.66. The minimum atomic E-state index is -0.806. The number of benzene rings is 1. The van der Waals surface area contributed by atoms with Gasteiger partial charge in [0.2, 0.25) is 0 Å². The SMILES string of the molecule is CCCC(C)OCc1ccccc1CC(=O)O. The predicted octanol–water partition coefficient (Wildman–Crippen LogP) is 3.02. The first-order chi connectivity index (χ1) is 8.13. The highest BCUT2D eigenvalue weighted by molar-refractivity contribution is 5.70. The van der Waals surface area contributed by atoms with Gasteiger partial charge in [0.15, 0.2) is 0 Å². The summed E-state index contributed by atoms with van der Waals surface area (Å²) in [5.41, 5.74) is 1.81. The molecule has 0 saturated heterocycles. The lowest BCUT2D eigenvalue weighted by Gasteiger charge is -2.13. The van der Waals surface area contributed by atoms with E-state index < -0.39 is 5.97 Å². The number of aliphatic carboxylic acids is 1. The Morgan fingerprint density at radius 1 is 1.35 bits per heavy atom. The summed E-state index contributed by atoms with van der Waals surface area (Å²) < 4.78 is 5.70. The third kappa shape index (κ3) is 5.00. The summed E-state index contributed by atoms with van der Waals surface area (Å²) in [4.78, 5) is 10.7. The molecule has 3 nitrogen and oxygen atoms in total. The Balaban J connectivity index is 2.60. The topological polar surface area (TPSA) is 46.5 Å². The predicted molar refractivity (Wildman–Crippen MR) is 66.9 cm³/mol. The fourth-order valence-electron chi connectivity index (χ4n) is 1.76. The third-order valence-corrected chi connectivity index (χ3v) is 2.68. The molecule has 0 aromatic heterocycles. The van der Waals surface area contributed by atoms with Gasteiger partial charge in [-0.25, -0.2) is 0 Å². The third-order valence-electron chi connectivity index (χ3n) is 2.68. The molecule has 17 heavy (non-hydrogen) atoms. The minimum Gasteiger partial charge on any atom is -0.481 e. The van der Waals surface area contributed by atoms with E-state index in [0.717, 1.165) is 24.0 Å². The van der Waals surface area contributed by atoms with Gasteiger partial charge in [0.25, 0.3) is 0 Å². The zero-order chi connectivity index (χ0) is 12.7. The molecule has 0 spiro atoms. The van der Waals surface area contributed by atoms with Gasteiger partial charge in [0.05, 0.1) is 19.1 Å². The highest BCUT2D eigenvalue weighted by Crippen LogP contribution is 2.13. The zero-order valence-electron chi connectivity index (χ0n) is 10.5. The van der Waals surface area contributed by atoms with Crippen LogP contribution in [0.3, 0.4) is 0 Å². The molecule has 0 fully saturated rings. The van der Waals surface area contributed by atoms with Crippen molar-refractivity contribution in [1.29, 1.82) is 0 Å². The van der Waals surface area contributed by atoms with Crippen LogP contribution in [0.1, 0.15) is 37.8 Å². The molecule has 1 aromatic rings. The van der Waals surface area contributed by atoms with Crippen LogP contribution >= 0.6 is 0 Å². The lowest BCUT2D eigenvalue weighted by Crippen LogP contribution is -2.10. The molecule has 0 amide bonds. The van der Waals surface area contributed by atoms with E-state index in [-0.39, 0.29) is 12.5 Å². The van der Waals surface area contributed by atoms with E-state index in [1.807, 2.05) is 31.2 Å². The van der Waals surface area contributed by atoms with Crippen molar-refractivity contribution in [3.63, 3.8) is 0 Å². The normalized spacial score (nSPS) is 12.4. The molecule has 94 valence electrons. The molecule has 0 heterocycles. The standard InChI is InChI=1S/C14H20O3/c1-3-6-11(2)17-10-13-8-5-4-7-12(13)9-14(15)16/h4-5,7-8,11H,3,6,9-10H2,1-2H3,(H,15,16). The number of hydrogen-bond donors (Lipinski definition) is 1. The van der Waals surface area contributed by atoms with Gasteiger partial charge in [-0.1, -0.05) is 37.6 Å². The van der Waals surface area contributed by atoms with Crippen LogP contribution in [0.15, 0.2) is 24.3 Å². The molecule has 1 atom stereocenters. The Hall–Kier alpha value is -1.35. The Morgan fingerprint density at radius 2 is 2.00 bits per heavy atom. The van der Waals surface area contributed by atoms with Crippen LogP contribution in [0, 0.1) is 0 Å². The van der Waals surface area contributed by atoms with Crippen molar-refractivity contribution < 1.29 is 14.6 Å². The van der Waals surface area contributed by atoms with Crippen molar-refractivity contribution >= 4 is 5.97 Å². The summed E-state index contributed by atoms with van der Waals surface area (Å²) in [6, 6.07) is 7.54. The fourth-order valence-corrected chi connectivity index (χ4v) is 1.76. The molecular formula is C14H20O3. The monoisotopic (exact) mass is 236 g/mol. The van der Waals surface area contributed by atoms with Crippen molar-refractivity contribution in [1.82, 2.24) is 0 Å². The lowest BCUT2D eigenvalue weighted by atomic mass is 10.1. The summed E-state index contributed by atoms with van der Waals surface area (Å²) >= 11 is 0. The maximum Gasteiger partial charge on any atom is 0.307 e. The van der Waals surface area contributed by atoms with E-state index in [9.17, 15) is 4.79 Å². The van der Waals surface area contributed by atoms with Crippen LogP contribution in [0.4, 0.5) is 0 Å². The van der Waals surface area contributed by atoms with E-state index >= 15 is 0 Å². The van der Waals surface area contributed by atoms with Crippen LogP contribution in [-0.4, -0.2) is 17.2 Å². The van der Waals surface area contributed by atoms with E-state index in [1.165, 1.54) is 0 Å². The fraction of sp³-hybridized carbons (Fsp3) is 0.500. The zero-order valence-corrected chi connectivity index (χ0v) is 10.5. The molecule has 0 aliphatic carbocycles. The minimum absolute atomic E-state index is 0.0572. The number of ether oxygens (including phenoxy) is 1. The molecular weight excluding hydrogens is 216 g/mol. The number of carboxylic acid groups (broad SMARTS) is 1. The second-order valence-corrected chi connectivity index (χ2v) is 4.25. The van der Waals surface area contributed by atoms with Crippen molar-refractivity contribution in [3.05, 3.63) is 35.4 Å². The average molecular weight is 236 g/mol. The van der Waals surface area contributed by atoms with Crippen LogP contribution in [0.2, 0.25) is 0 Å². The first-order valence-electron chi connectivity index (χ1n) is 6.03. The van der Waals surface area contributed by atoms with Gasteiger partial charge in [0, 0.05) is 0 Å². The molecule has 0 aliphatic heterocycles. The van der Waals surface area contributed by atoms with E-state index in [2.05, 4.69) is 6.92 Å². The van der Waals surface area contributed by atoms with Gasteiger partial charge < -0.3 is 9.84 Å². The van der Waals surface area contributed by atoms with Gasteiger partial charge in [-0.3, -0.25) is 4.79 Å². The van der Waals surface area contributed by atoms with Gasteiger partial charge >= 0.3 is 5.97 Å². The number of rotatable bonds is 7. The highest BCUT2D eigenvalue weighted by Gasteiger charge is 2.07. The van der Waals surface area contributed by atoms with E-state index in [0.29, 0.717) is 6.61 Å². The van der Waals surface area contributed by atoms with Crippen LogP contribution in [0.25, 0.3) is 0 Å². The Morgan fingerprint density at radius 3 is 2.59 bits per heavy atom. The van der Waals surface area contributed by atoms with Crippen molar-refractivity contribution in [3.8, 4) is 0 Å². The Labute approximate surface area is 102 Å². The first kappa shape index (κ1) is 13.7. The number of hydrogen-bond acceptors (Lipinski definition) is 2. The second kappa shape index (κ2) is 7.07. The van der Waals surface area contributed by atoms with Crippen LogP contribution in [0.5, 0.6) is 0 Å². The quantitative estimate of drug-likeness (QED) is 0.791. The van der Waals surface area contributed by atoms with E-state index in [1.54, 1.807) is 0 Å². The molecule has 1 aromatic carbocycles. The smallest absolute Gasteiger partial charge is 0.307 e. The molecule has 0 radical (unpaired) electrons. The molecule has 1 unspecified atom stereocenters. The summed E-state index contributed by atoms with van der Waals surface area (Å²) in [5.74, 6) is -0.806. The summed E-state index contributed by atoms with van der Waals surface area (Å²) in [7, 11) is 0. The van der Waals surface area contributed by atoms with Crippen molar-refractivity contribution in [2.45, 2.75) is 45.8 Å². The Kier molecular flexibility index (Phi) is 5.70. The lowest BCUT2D eigenvalue weighted by molar-refractivity contribution is -0.136. The number of carboxylic acids is 1. The molecule has 0 aliphatic rings. The molecule has 1 N–H and O–H groups in total. The summed E-state index contributed by atoms with van der Waals surface area (Å²) in [6.07, 6.45) is 2.40. The van der Waals surface area contributed by atoms with Gasteiger partial charge in [-0.05, 0) is 24.5 Å². The Bertz CT molecular complexity index is 360. The van der Waals surface area contributed by atoms with E-state index in [4.69, 9.17) is 9.84 Å². The molecule has 3 heteroatoms. The number of carbonyl (C=O) groups is 1. The van der Waals surface area contributed by atoms with Crippen LogP contribution in [-0.2, 0) is 22.6 Å². The second-order valence-electron chi connectivity index (χ2n) is 4.25. The van der Waals surface area contributed by atoms with Gasteiger partial charge in [0.1, 0.15) is 0 Å². The highest BCUT2D eigenvalue weighted by atomic mass is 16.5. The molecule has 0 bridgehead atoms. The van der Waals surface area contributed by atoms with Crippen molar-refractivity contribution in [2.75, 3.05) is 0 Å². The largest absolute Gasteiger partial charge is 0.481 e. The average Bonchev–Trinajstić information content (AvgIpc) is 2.27. The van der Waals surface area contributed by atoms with Crippen LogP contribution < -0.4 is 0 Å². The molecule has 1 rings (SSSR count). The van der Waals surface area contributed by atoms with Gasteiger partial charge in [-0.15, -0.1) is 0 Å². The first-order valence-corrected chi connectivity index (χ1v) is 6.03. The summed E-state index contributed by atoms with van der Waals surface area (Å²) in [5, 5.41) is 8.81. The maximum absolute atomic E-state index is 10.7. The van der Waals surface area contributed by atoms with Crippen molar-refractivity contribution in [2.24, 2.45) is 0 Å². The maximum atomic E-state index is 10.7. The molecule has 0 saturated carbocycles.